The molecule has 0 aliphatic heterocycles. The van der Waals surface area contributed by atoms with Crippen molar-refractivity contribution >= 4 is 16.8 Å². The molecule has 2 aromatic carbocycles. The van der Waals surface area contributed by atoms with Crippen molar-refractivity contribution in [3.63, 3.8) is 0 Å². The fourth-order valence-electron chi connectivity index (χ4n) is 2.90. The van der Waals surface area contributed by atoms with Gasteiger partial charge in [-0.25, -0.2) is 4.98 Å². The van der Waals surface area contributed by atoms with Crippen LogP contribution in [0.15, 0.2) is 54.6 Å². The first-order chi connectivity index (χ1) is 12.6. The van der Waals surface area contributed by atoms with Crippen molar-refractivity contribution in [2.75, 3.05) is 0 Å². The number of amides is 1. The molecule has 3 nitrogen and oxygen atoms in total. The fourth-order valence-corrected chi connectivity index (χ4v) is 2.90. The summed E-state index contributed by atoms with van der Waals surface area (Å²) in [5.41, 5.74) is 4.45. The highest BCUT2D eigenvalue weighted by molar-refractivity contribution is 6.03. The van der Waals surface area contributed by atoms with Gasteiger partial charge in [-0.1, -0.05) is 69.3 Å². The van der Waals surface area contributed by atoms with Gasteiger partial charge in [0.1, 0.15) is 5.69 Å². The number of aromatic nitrogens is 1. The lowest BCUT2D eigenvalue weighted by atomic mass is 9.94. The second-order valence-electron chi connectivity index (χ2n) is 6.13. The molecule has 3 heteroatoms. The van der Waals surface area contributed by atoms with Gasteiger partial charge in [0.25, 0.3) is 5.91 Å². The summed E-state index contributed by atoms with van der Waals surface area (Å²) in [6.45, 7) is 10.0. The highest BCUT2D eigenvalue weighted by atomic mass is 16.1. The lowest BCUT2D eigenvalue weighted by Crippen LogP contribution is -2.33. The van der Waals surface area contributed by atoms with Gasteiger partial charge in [0, 0.05) is 12.9 Å². The molecular formula is C23H30N2O. The Kier molecular flexibility index (Phi) is 6.90. The van der Waals surface area contributed by atoms with Crippen molar-refractivity contribution in [2.45, 2.75) is 47.1 Å². The minimum absolute atomic E-state index is 0. The molecule has 1 atom stereocenters. The topological polar surface area (TPSA) is 42.0 Å². The first-order valence-corrected chi connectivity index (χ1v) is 9.37. The lowest BCUT2D eigenvalue weighted by molar-refractivity contribution is 0.0934. The number of benzene rings is 2. The van der Waals surface area contributed by atoms with Crippen molar-refractivity contribution in [1.29, 1.82) is 0 Å². The summed E-state index contributed by atoms with van der Waals surface area (Å²) in [4.78, 5) is 17.3. The molecule has 0 radical (unpaired) electrons. The number of nitrogens with zero attached hydrogens (tertiary/aromatic N) is 1. The number of hydrogen-bond acceptors (Lipinski definition) is 2. The van der Waals surface area contributed by atoms with Gasteiger partial charge < -0.3 is 5.32 Å². The Labute approximate surface area is 158 Å². The van der Waals surface area contributed by atoms with Crippen LogP contribution in [0.5, 0.6) is 0 Å². The second kappa shape index (κ2) is 9.14. The molecule has 1 N–H and O–H groups in total. The molecule has 0 saturated carbocycles. The minimum atomic E-state index is -0.107. The van der Waals surface area contributed by atoms with E-state index in [0.717, 1.165) is 34.0 Å². The van der Waals surface area contributed by atoms with Crippen LogP contribution >= 0.6 is 0 Å². The van der Waals surface area contributed by atoms with Gasteiger partial charge in [0.2, 0.25) is 0 Å². The maximum atomic E-state index is 12.7. The Morgan fingerprint density at radius 3 is 2.35 bits per heavy atom. The Bertz CT molecular complexity index is 878. The third-order valence-corrected chi connectivity index (χ3v) is 4.40. The molecule has 0 bridgehead atoms. The number of para-hydroxylation sites is 1. The molecule has 1 heterocycles. The maximum absolute atomic E-state index is 12.7. The number of pyridine rings is 1. The molecule has 0 saturated heterocycles. The fraction of sp³-hybridized carbons (Fsp3) is 0.304. The predicted molar refractivity (Wildman–Crippen MR) is 113 cm³/mol. The van der Waals surface area contributed by atoms with Crippen LogP contribution in [0.1, 0.15) is 51.6 Å². The monoisotopic (exact) mass is 350 g/mol. The van der Waals surface area contributed by atoms with Crippen molar-refractivity contribution in [2.24, 2.45) is 0 Å². The van der Waals surface area contributed by atoms with E-state index in [2.05, 4.69) is 35.4 Å². The van der Waals surface area contributed by atoms with Crippen molar-refractivity contribution in [3.05, 3.63) is 65.9 Å². The summed E-state index contributed by atoms with van der Waals surface area (Å²) < 4.78 is 0. The Morgan fingerprint density at radius 2 is 1.69 bits per heavy atom. The third kappa shape index (κ3) is 4.10. The lowest BCUT2D eigenvalue weighted by Gasteiger charge is -2.16. The van der Waals surface area contributed by atoms with E-state index in [1.54, 1.807) is 0 Å². The number of nitrogens with one attached hydrogen (secondary N) is 1. The summed E-state index contributed by atoms with van der Waals surface area (Å²) in [6.07, 6.45) is 0.893. The number of fused-ring (bicyclic) bond motifs is 1. The molecule has 0 fully saturated rings. The first kappa shape index (κ1) is 19.6. The molecule has 0 aliphatic carbocycles. The quantitative estimate of drug-likeness (QED) is 0.626. The van der Waals surface area contributed by atoms with Crippen LogP contribution in [0.4, 0.5) is 0 Å². The van der Waals surface area contributed by atoms with Crippen LogP contribution in [-0.2, 0) is 0 Å². The molecule has 3 rings (SSSR count). The van der Waals surface area contributed by atoms with Crippen LogP contribution in [0.3, 0.4) is 0 Å². The summed E-state index contributed by atoms with van der Waals surface area (Å²) >= 11 is 0. The summed E-state index contributed by atoms with van der Waals surface area (Å²) in [5.74, 6) is -0.107. The van der Waals surface area contributed by atoms with Crippen molar-refractivity contribution in [3.8, 4) is 11.1 Å². The van der Waals surface area contributed by atoms with Gasteiger partial charge in [0.15, 0.2) is 0 Å². The zero-order valence-corrected chi connectivity index (χ0v) is 16.3. The van der Waals surface area contributed by atoms with E-state index in [4.69, 9.17) is 0 Å². The highest BCUT2D eigenvalue weighted by Crippen LogP contribution is 2.32. The molecule has 1 aromatic heterocycles. The molecule has 0 unspecified atom stereocenters. The highest BCUT2D eigenvalue weighted by Gasteiger charge is 2.19. The number of carbonyl (C=O) groups excluding carboxylic acids is 1. The largest absolute Gasteiger partial charge is 0.348 e. The van der Waals surface area contributed by atoms with Gasteiger partial charge in [-0.3, -0.25) is 4.79 Å². The van der Waals surface area contributed by atoms with Crippen LogP contribution < -0.4 is 5.32 Å². The van der Waals surface area contributed by atoms with E-state index in [1.807, 2.05) is 64.1 Å². The Morgan fingerprint density at radius 1 is 1.08 bits per heavy atom. The molecule has 0 aliphatic rings. The minimum Gasteiger partial charge on any atom is -0.348 e. The first-order valence-electron chi connectivity index (χ1n) is 9.37. The van der Waals surface area contributed by atoms with Crippen LogP contribution in [0.25, 0.3) is 22.0 Å². The molecule has 26 heavy (non-hydrogen) atoms. The smallest absolute Gasteiger partial charge is 0.270 e. The van der Waals surface area contributed by atoms with E-state index in [-0.39, 0.29) is 13.4 Å². The summed E-state index contributed by atoms with van der Waals surface area (Å²) in [7, 11) is 0. The molecule has 1 amide bonds. The average molecular weight is 351 g/mol. The van der Waals surface area contributed by atoms with Crippen LogP contribution in [-0.4, -0.2) is 16.9 Å². The number of hydrogen-bond donors (Lipinski definition) is 1. The van der Waals surface area contributed by atoms with E-state index in [0.29, 0.717) is 5.69 Å². The van der Waals surface area contributed by atoms with Gasteiger partial charge in [-0.05, 0) is 43.0 Å². The Balaban J connectivity index is 0.00000118. The van der Waals surface area contributed by atoms with E-state index >= 15 is 0 Å². The molecular weight excluding hydrogens is 320 g/mol. The van der Waals surface area contributed by atoms with Gasteiger partial charge in [0.05, 0.1) is 5.52 Å². The predicted octanol–water partition coefficient (Wildman–Crippen LogP) is 6.01. The normalized spacial score (nSPS) is 11.4. The zero-order chi connectivity index (χ0) is 19.1. The zero-order valence-electron chi connectivity index (χ0n) is 16.3. The van der Waals surface area contributed by atoms with Crippen molar-refractivity contribution in [1.82, 2.24) is 10.3 Å². The van der Waals surface area contributed by atoms with E-state index in [1.165, 1.54) is 0 Å². The van der Waals surface area contributed by atoms with Crippen LogP contribution in [0, 0.1) is 6.92 Å². The number of carbonyl (C=O) groups is 1. The summed E-state index contributed by atoms with van der Waals surface area (Å²) in [6, 6.07) is 18.3. The SMILES string of the molecule is CC.CC[C@@H](C)NC(=O)c1nc2ccccc2c(-c2ccccc2)c1C.[HH]. The number of rotatable bonds is 4. The standard InChI is InChI=1S/C21H22N2O.C2H6.H2/c1-4-14(2)22-21(24)20-15(3)19(16-10-6-5-7-11-16)17-12-8-9-13-18(17)23-20;1-2;/h5-14H,4H2,1-3H3,(H,22,24);1-2H3;1H/t14-;;/m1../s1. The van der Waals surface area contributed by atoms with E-state index < -0.39 is 0 Å². The summed E-state index contributed by atoms with van der Waals surface area (Å²) in [5, 5.41) is 4.10. The van der Waals surface area contributed by atoms with Gasteiger partial charge in [-0.15, -0.1) is 0 Å². The van der Waals surface area contributed by atoms with Crippen LogP contribution in [0.2, 0.25) is 0 Å². The molecule has 138 valence electrons. The van der Waals surface area contributed by atoms with E-state index in [9.17, 15) is 4.79 Å². The van der Waals surface area contributed by atoms with Gasteiger partial charge >= 0.3 is 0 Å². The Hall–Kier alpha value is -2.68. The molecule has 0 spiro atoms. The van der Waals surface area contributed by atoms with Gasteiger partial charge in [-0.2, -0.15) is 0 Å². The third-order valence-electron chi connectivity index (χ3n) is 4.40. The average Bonchev–Trinajstić information content (AvgIpc) is 2.69. The second-order valence-corrected chi connectivity index (χ2v) is 6.13. The van der Waals surface area contributed by atoms with Crippen molar-refractivity contribution < 1.29 is 6.22 Å². The maximum Gasteiger partial charge on any atom is 0.270 e. The molecule has 3 aromatic rings.